The number of aryl methyl sites for hydroxylation is 1. The molecule has 2 rings (SSSR count). The summed E-state index contributed by atoms with van der Waals surface area (Å²) >= 11 is 0. The summed E-state index contributed by atoms with van der Waals surface area (Å²) < 4.78 is 67.9. The lowest BCUT2D eigenvalue weighted by molar-refractivity contribution is -0.274. The highest BCUT2D eigenvalue weighted by atomic mass is 32.2. The van der Waals surface area contributed by atoms with E-state index in [1.807, 2.05) is 0 Å². The lowest BCUT2D eigenvalue weighted by Gasteiger charge is -2.20. The van der Waals surface area contributed by atoms with E-state index in [0.29, 0.717) is 5.56 Å². The molecule has 0 radical (unpaired) electrons. The highest BCUT2D eigenvalue weighted by Crippen LogP contribution is 2.25. The number of benzene rings is 2. The zero-order valence-electron chi connectivity index (χ0n) is 16.2. The van der Waals surface area contributed by atoms with Crippen molar-refractivity contribution in [2.75, 3.05) is 5.32 Å². The number of carbonyl (C=O) groups is 1. The van der Waals surface area contributed by atoms with Gasteiger partial charge in [0.1, 0.15) is 5.75 Å². The van der Waals surface area contributed by atoms with Crippen molar-refractivity contribution in [1.82, 2.24) is 4.72 Å². The van der Waals surface area contributed by atoms with Crippen molar-refractivity contribution in [2.45, 2.75) is 44.5 Å². The Morgan fingerprint density at radius 3 is 2.10 bits per heavy atom. The van der Waals surface area contributed by atoms with E-state index in [4.69, 9.17) is 0 Å². The third-order valence-corrected chi connectivity index (χ3v) is 5.31. The Labute approximate surface area is 167 Å². The number of alkyl halides is 3. The summed E-state index contributed by atoms with van der Waals surface area (Å²) in [6.45, 7) is 6.72. The molecular formula is C19H21F3N2O4S. The van der Waals surface area contributed by atoms with Crippen LogP contribution in [0.25, 0.3) is 0 Å². The molecule has 0 aliphatic carbocycles. The predicted octanol–water partition coefficient (Wildman–Crippen LogP) is 4.22. The van der Waals surface area contributed by atoms with Crippen molar-refractivity contribution >= 4 is 21.6 Å². The van der Waals surface area contributed by atoms with E-state index in [-0.39, 0.29) is 16.1 Å². The number of hydrogen-bond acceptors (Lipinski definition) is 4. The Morgan fingerprint density at radius 1 is 1.00 bits per heavy atom. The molecule has 0 aromatic heterocycles. The molecule has 6 nitrogen and oxygen atoms in total. The van der Waals surface area contributed by atoms with Gasteiger partial charge in [-0.15, -0.1) is 13.2 Å². The number of ether oxygens (including phenoxy) is 1. The normalized spacial score (nSPS) is 12.5. The molecular weight excluding hydrogens is 409 g/mol. The molecule has 2 aromatic rings. The molecule has 0 aliphatic heterocycles. The average Bonchev–Trinajstić information content (AvgIpc) is 2.53. The smallest absolute Gasteiger partial charge is 0.406 e. The van der Waals surface area contributed by atoms with E-state index in [1.54, 1.807) is 27.7 Å². The quantitative estimate of drug-likeness (QED) is 0.744. The van der Waals surface area contributed by atoms with Gasteiger partial charge in [0, 0.05) is 16.8 Å². The SMILES string of the molecule is Cc1ccc(S(=O)(=O)NC(C)(C)C)cc1C(=O)Nc1ccc(OC(F)(F)F)cc1. The van der Waals surface area contributed by atoms with Crippen molar-refractivity contribution in [3.05, 3.63) is 53.6 Å². The van der Waals surface area contributed by atoms with Crippen LogP contribution >= 0.6 is 0 Å². The first-order valence-electron chi connectivity index (χ1n) is 8.48. The van der Waals surface area contributed by atoms with E-state index in [9.17, 15) is 26.4 Å². The number of halogens is 3. The third-order valence-electron chi connectivity index (χ3n) is 3.55. The van der Waals surface area contributed by atoms with E-state index in [1.165, 1.54) is 30.3 Å². The molecule has 0 fully saturated rings. The molecule has 0 saturated heterocycles. The van der Waals surface area contributed by atoms with E-state index in [0.717, 1.165) is 12.1 Å². The average molecular weight is 430 g/mol. The second-order valence-corrected chi connectivity index (χ2v) is 9.04. The van der Waals surface area contributed by atoms with Crippen LogP contribution in [0.15, 0.2) is 47.4 Å². The second kappa shape index (κ2) is 8.03. The number of nitrogens with one attached hydrogen (secondary N) is 2. The zero-order chi connectivity index (χ0) is 22.0. The van der Waals surface area contributed by atoms with Gasteiger partial charge in [-0.2, -0.15) is 0 Å². The molecule has 0 unspecified atom stereocenters. The minimum Gasteiger partial charge on any atom is -0.406 e. The van der Waals surface area contributed by atoms with Crippen LogP contribution in [0, 0.1) is 6.92 Å². The van der Waals surface area contributed by atoms with Crippen molar-refractivity contribution < 1.29 is 31.1 Å². The van der Waals surface area contributed by atoms with Gasteiger partial charge in [-0.1, -0.05) is 6.07 Å². The summed E-state index contributed by atoms with van der Waals surface area (Å²) in [5.41, 5.74) is 0.184. The highest BCUT2D eigenvalue weighted by Gasteiger charge is 2.31. The molecule has 29 heavy (non-hydrogen) atoms. The largest absolute Gasteiger partial charge is 0.573 e. The maximum absolute atomic E-state index is 12.6. The number of amides is 1. The Hall–Kier alpha value is -2.59. The molecule has 158 valence electrons. The van der Waals surface area contributed by atoms with Gasteiger partial charge < -0.3 is 10.1 Å². The van der Waals surface area contributed by atoms with E-state index in [2.05, 4.69) is 14.8 Å². The van der Waals surface area contributed by atoms with Crippen molar-refractivity contribution in [3.63, 3.8) is 0 Å². The van der Waals surface area contributed by atoms with Gasteiger partial charge in [0.2, 0.25) is 10.0 Å². The minimum absolute atomic E-state index is 0.0721. The summed E-state index contributed by atoms with van der Waals surface area (Å²) in [7, 11) is -3.84. The van der Waals surface area contributed by atoms with Crippen LogP contribution in [0.4, 0.5) is 18.9 Å². The zero-order valence-corrected chi connectivity index (χ0v) is 17.0. The summed E-state index contributed by atoms with van der Waals surface area (Å²) in [6, 6.07) is 8.76. The summed E-state index contributed by atoms with van der Waals surface area (Å²) in [5.74, 6) is -1.02. The highest BCUT2D eigenvalue weighted by molar-refractivity contribution is 7.89. The predicted molar refractivity (Wildman–Crippen MR) is 102 cm³/mol. The van der Waals surface area contributed by atoms with Crippen LogP contribution in [-0.2, 0) is 10.0 Å². The lowest BCUT2D eigenvalue weighted by Crippen LogP contribution is -2.40. The van der Waals surface area contributed by atoms with Gasteiger partial charge in [0.25, 0.3) is 5.91 Å². The van der Waals surface area contributed by atoms with E-state index >= 15 is 0 Å². The standard InChI is InChI=1S/C19H21F3N2O4S/c1-12-5-10-15(29(26,27)24-18(2,3)4)11-16(12)17(25)23-13-6-8-14(9-7-13)28-19(20,21)22/h5-11,24H,1-4H3,(H,23,25). The first-order valence-corrected chi connectivity index (χ1v) is 9.96. The Morgan fingerprint density at radius 2 is 1.59 bits per heavy atom. The Bertz CT molecular complexity index is 996. The maximum Gasteiger partial charge on any atom is 0.573 e. The summed E-state index contributed by atoms with van der Waals surface area (Å²) in [6.07, 6.45) is -4.81. The van der Waals surface area contributed by atoms with Gasteiger partial charge in [0.05, 0.1) is 4.90 Å². The lowest BCUT2D eigenvalue weighted by atomic mass is 10.1. The number of sulfonamides is 1. The number of hydrogen-bond donors (Lipinski definition) is 2. The number of rotatable bonds is 5. The van der Waals surface area contributed by atoms with Crippen LogP contribution in [0.3, 0.4) is 0 Å². The van der Waals surface area contributed by atoms with Gasteiger partial charge >= 0.3 is 6.36 Å². The van der Waals surface area contributed by atoms with Gasteiger partial charge in [0.15, 0.2) is 0 Å². The van der Waals surface area contributed by atoms with E-state index < -0.39 is 33.6 Å². The van der Waals surface area contributed by atoms with Gasteiger partial charge in [-0.05, 0) is 69.7 Å². The molecule has 0 bridgehead atoms. The molecule has 0 atom stereocenters. The fourth-order valence-corrected chi connectivity index (χ4v) is 3.86. The fourth-order valence-electron chi connectivity index (χ4n) is 2.41. The van der Waals surface area contributed by atoms with Crippen LogP contribution in [-0.4, -0.2) is 26.2 Å². The second-order valence-electron chi connectivity index (χ2n) is 7.36. The Kier molecular flexibility index (Phi) is 6.29. The van der Waals surface area contributed by atoms with Crippen molar-refractivity contribution in [2.24, 2.45) is 0 Å². The number of anilines is 1. The van der Waals surface area contributed by atoms with Crippen LogP contribution in [0.5, 0.6) is 5.75 Å². The van der Waals surface area contributed by atoms with Crippen molar-refractivity contribution in [1.29, 1.82) is 0 Å². The molecule has 0 heterocycles. The molecule has 10 heteroatoms. The third kappa shape index (κ3) is 6.75. The molecule has 0 spiro atoms. The topological polar surface area (TPSA) is 84.5 Å². The molecule has 0 aliphatic rings. The van der Waals surface area contributed by atoms with Crippen molar-refractivity contribution in [3.8, 4) is 5.75 Å². The molecule has 2 aromatic carbocycles. The van der Waals surface area contributed by atoms with Gasteiger partial charge in [-0.3, -0.25) is 4.79 Å². The number of carbonyl (C=O) groups excluding carboxylic acids is 1. The monoisotopic (exact) mass is 430 g/mol. The maximum atomic E-state index is 12.6. The molecule has 2 N–H and O–H groups in total. The van der Waals surface area contributed by atoms with Crippen LogP contribution < -0.4 is 14.8 Å². The Balaban J connectivity index is 2.23. The fraction of sp³-hybridized carbons (Fsp3) is 0.316. The van der Waals surface area contributed by atoms with Crippen LogP contribution in [0.1, 0.15) is 36.7 Å². The van der Waals surface area contributed by atoms with Gasteiger partial charge in [-0.25, -0.2) is 13.1 Å². The minimum atomic E-state index is -4.81. The first-order chi connectivity index (χ1) is 13.2. The summed E-state index contributed by atoms with van der Waals surface area (Å²) in [5, 5.41) is 2.53. The van der Waals surface area contributed by atoms with Crippen LogP contribution in [0.2, 0.25) is 0 Å². The summed E-state index contributed by atoms with van der Waals surface area (Å²) in [4.78, 5) is 12.5. The first kappa shape index (κ1) is 22.7. The molecule has 0 saturated carbocycles. The molecule has 1 amide bonds.